The zero-order chi connectivity index (χ0) is 12.1. The van der Waals surface area contributed by atoms with Crippen molar-refractivity contribution in [1.29, 1.82) is 0 Å². The number of hydrogen-bond donors (Lipinski definition) is 0. The molecular formula is C13H15N3O. The van der Waals surface area contributed by atoms with Crippen molar-refractivity contribution in [3.05, 3.63) is 42.2 Å². The molecule has 0 aliphatic carbocycles. The van der Waals surface area contributed by atoms with E-state index in [4.69, 9.17) is 4.74 Å². The average molecular weight is 229 g/mol. The third kappa shape index (κ3) is 2.93. The van der Waals surface area contributed by atoms with Crippen molar-refractivity contribution in [3.8, 4) is 5.75 Å². The van der Waals surface area contributed by atoms with Gasteiger partial charge >= 0.3 is 0 Å². The highest BCUT2D eigenvalue weighted by atomic mass is 16.5. The quantitative estimate of drug-likeness (QED) is 0.756. The number of hydrogen-bond acceptors (Lipinski definition) is 3. The molecule has 4 heteroatoms. The number of benzene rings is 1. The standard InChI is InChI=1S/C13H15N3O/c1-11-7-9-16(15-11)10-8-14-12-5-3-4-6-13(12)17-2/h3-9H,10H2,1-2H3. The Kier molecular flexibility index (Phi) is 3.55. The second-order valence-electron chi connectivity index (χ2n) is 3.66. The van der Waals surface area contributed by atoms with Gasteiger partial charge in [-0.25, -0.2) is 0 Å². The Hall–Kier alpha value is -2.10. The summed E-state index contributed by atoms with van der Waals surface area (Å²) in [7, 11) is 1.64. The second kappa shape index (κ2) is 5.30. The fourth-order valence-electron chi connectivity index (χ4n) is 1.52. The van der Waals surface area contributed by atoms with Crippen LogP contribution in [0.15, 0.2) is 41.5 Å². The summed E-state index contributed by atoms with van der Waals surface area (Å²) in [6.45, 7) is 2.62. The molecular weight excluding hydrogens is 214 g/mol. The summed E-state index contributed by atoms with van der Waals surface area (Å²) in [6.07, 6.45) is 3.76. The molecule has 1 aromatic carbocycles. The lowest BCUT2D eigenvalue weighted by Gasteiger charge is -2.02. The molecule has 0 amide bonds. The fraction of sp³-hybridized carbons (Fsp3) is 0.231. The van der Waals surface area contributed by atoms with Crippen LogP contribution < -0.4 is 4.74 Å². The lowest BCUT2D eigenvalue weighted by molar-refractivity contribution is 0.416. The average Bonchev–Trinajstić information content (AvgIpc) is 2.76. The number of rotatable bonds is 4. The van der Waals surface area contributed by atoms with Crippen molar-refractivity contribution < 1.29 is 4.74 Å². The maximum atomic E-state index is 5.22. The monoisotopic (exact) mass is 229 g/mol. The van der Waals surface area contributed by atoms with Crippen LogP contribution in [-0.4, -0.2) is 23.1 Å². The van der Waals surface area contributed by atoms with E-state index in [0.29, 0.717) is 6.54 Å². The molecule has 0 saturated carbocycles. The predicted octanol–water partition coefficient (Wildman–Crippen LogP) is 2.60. The highest BCUT2D eigenvalue weighted by Gasteiger charge is 1.97. The highest BCUT2D eigenvalue weighted by molar-refractivity contribution is 5.66. The number of methoxy groups -OCH3 is 1. The molecule has 0 fully saturated rings. The van der Waals surface area contributed by atoms with Crippen molar-refractivity contribution in [1.82, 2.24) is 9.78 Å². The van der Waals surface area contributed by atoms with Gasteiger partial charge in [-0.1, -0.05) is 12.1 Å². The normalized spacial score (nSPS) is 10.9. The molecule has 0 aliphatic heterocycles. The summed E-state index contributed by atoms with van der Waals surface area (Å²) in [5.41, 5.74) is 1.84. The second-order valence-corrected chi connectivity index (χ2v) is 3.66. The van der Waals surface area contributed by atoms with Crippen LogP contribution >= 0.6 is 0 Å². The Labute approximate surface area is 101 Å². The number of ether oxygens (including phenoxy) is 1. The molecule has 17 heavy (non-hydrogen) atoms. The van der Waals surface area contributed by atoms with Crippen LogP contribution in [0.2, 0.25) is 0 Å². The maximum absolute atomic E-state index is 5.22. The first-order chi connectivity index (χ1) is 8.29. The van der Waals surface area contributed by atoms with E-state index in [2.05, 4.69) is 10.1 Å². The third-order valence-corrected chi connectivity index (χ3v) is 2.36. The number of aromatic nitrogens is 2. The zero-order valence-electron chi connectivity index (χ0n) is 10.00. The molecule has 1 aromatic heterocycles. The van der Waals surface area contributed by atoms with Gasteiger partial charge in [0.25, 0.3) is 0 Å². The van der Waals surface area contributed by atoms with Gasteiger partial charge in [-0.3, -0.25) is 9.67 Å². The van der Waals surface area contributed by atoms with Crippen molar-refractivity contribution in [2.45, 2.75) is 13.5 Å². The predicted molar refractivity (Wildman–Crippen MR) is 68.1 cm³/mol. The van der Waals surface area contributed by atoms with Crippen LogP contribution in [0.25, 0.3) is 0 Å². The van der Waals surface area contributed by atoms with E-state index < -0.39 is 0 Å². The Bertz CT molecular complexity index is 517. The van der Waals surface area contributed by atoms with Crippen LogP contribution in [0.4, 0.5) is 5.69 Å². The first-order valence-corrected chi connectivity index (χ1v) is 5.45. The first kappa shape index (κ1) is 11.4. The summed E-state index contributed by atoms with van der Waals surface area (Å²) >= 11 is 0. The summed E-state index contributed by atoms with van der Waals surface area (Å²) in [4.78, 5) is 4.37. The summed E-state index contributed by atoms with van der Waals surface area (Å²) in [5, 5.41) is 4.28. The molecule has 1 heterocycles. The van der Waals surface area contributed by atoms with Crippen LogP contribution in [0.3, 0.4) is 0 Å². The van der Waals surface area contributed by atoms with Gasteiger partial charge in [-0.2, -0.15) is 5.10 Å². The van der Waals surface area contributed by atoms with Gasteiger partial charge in [-0.15, -0.1) is 0 Å². The lowest BCUT2D eigenvalue weighted by atomic mass is 10.3. The number of para-hydroxylation sites is 2. The van der Waals surface area contributed by atoms with Gasteiger partial charge in [0.1, 0.15) is 11.4 Å². The van der Waals surface area contributed by atoms with Crippen molar-refractivity contribution in [2.75, 3.05) is 7.11 Å². The molecule has 0 N–H and O–H groups in total. The number of aryl methyl sites for hydroxylation is 1. The number of nitrogens with zero attached hydrogens (tertiary/aromatic N) is 3. The Morgan fingerprint density at radius 3 is 2.88 bits per heavy atom. The van der Waals surface area contributed by atoms with Crippen LogP contribution in [0.5, 0.6) is 5.75 Å². The molecule has 2 aromatic rings. The van der Waals surface area contributed by atoms with Crippen LogP contribution in [-0.2, 0) is 6.54 Å². The topological polar surface area (TPSA) is 39.4 Å². The van der Waals surface area contributed by atoms with Gasteiger partial charge in [0, 0.05) is 12.4 Å². The Morgan fingerprint density at radius 1 is 1.35 bits per heavy atom. The van der Waals surface area contributed by atoms with Gasteiger partial charge < -0.3 is 4.74 Å². The Morgan fingerprint density at radius 2 is 2.18 bits per heavy atom. The minimum Gasteiger partial charge on any atom is -0.494 e. The summed E-state index contributed by atoms with van der Waals surface area (Å²) in [5.74, 6) is 0.778. The molecule has 0 spiro atoms. The van der Waals surface area contributed by atoms with E-state index in [1.165, 1.54) is 0 Å². The van der Waals surface area contributed by atoms with E-state index in [9.17, 15) is 0 Å². The maximum Gasteiger partial charge on any atom is 0.144 e. The molecule has 0 atom stereocenters. The Balaban J connectivity index is 2.05. The lowest BCUT2D eigenvalue weighted by Crippen LogP contribution is -1.99. The van der Waals surface area contributed by atoms with E-state index in [-0.39, 0.29) is 0 Å². The molecule has 0 radical (unpaired) electrons. The fourth-order valence-corrected chi connectivity index (χ4v) is 1.52. The van der Waals surface area contributed by atoms with E-state index in [0.717, 1.165) is 17.1 Å². The van der Waals surface area contributed by atoms with Gasteiger partial charge in [0.15, 0.2) is 0 Å². The van der Waals surface area contributed by atoms with Gasteiger partial charge in [0.05, 0.1) is 19.3 Å². The van der Waals surface area contributed by atoms with Crippen molar-refractivity contribution in [3.63, 3.8) is 0 Å². The summed E-state index contributed by atoms with van der Waals surface area (Å²) in [6, 6.07) is 9.65. The third-order valence-electron chi connectivity index (χ3n) is 2.36. The first-order valence-electron chi connectivity index (χ1n) is 5.45. The minimum absolute atomic E-state index is 0.659. The number of aliphatic imine (C=N–C) groups is 1. The largest absolute Gasteiger partial charge is 0.494 e. The van der Waals surface area contributed by atoms with Crippen LogP contribution in [0, 0.1) is 6.92 Å². The molecule has 4 nitrogen and oxygen atoms in total. The minimum atomic E-state index is 0.659. The molecule has 0 bridgehead atoms. The molecule has 88 valence electrons. The molecule has 0 aliphatic rings. The van der Waals surface area contributed by atoms with E-state index >= 15 is 0 Å². The van der Waals surface area contributed by atoms with E-state index in [1.807, 2.05) is 54.3 Å². The van der Waals surface area contributed by atoms with Gasteiger partial charge in [0.2, 0.25) is 0 Å². The van der Waals surface area contributed by atoms with Crippen molar-refractivity contribution >= 4 is 11.9 Å². The molecule has 2 rings (SSSR count). The molecule has 0 saturated heterocycles. The molecule has 0 unspecified atom stereocenters. The van der Waals surface area contributed by atoms with Crippen LogP contribution in [0.1, 0.15) is 5.69 Å². The zero-order valence-corrected chi connectivity index (χ0v) is 10.00. The van der Waals surface area contributed by atoms with Gasteiger partial charge in [-0.05, 0) is 25.1 Å². The highest BCUT2D eigenvalue weighted by Crippen LogP contribution is 2.25. The smallest absolute Gasteiger partial charge is 0.144 e. The SMILES string of the molecule is COc1ccccc1N=CCn1ccc(C)n1. The summed E-state index contributed by atoms with van der Waals surface area (Å²) < 4.78 is 7.06. The van der Waals surface area contributed by atoms with E-state index in [1.54, 1.807) is 7.11 Å². The van der Waals surface area contributed by atoms with Crippen molar-refractivity contribution in [2.24, 2.45) is 4.99 Å².